The summed E-state index contributed by atoms with van der Waals surface area (Å²) in [4.78, 5) is 2.92. The number of piperidine rings is 1. The zero-order chi connectivity index (χ0) is 12.6. The quantitative estimate of drug-likeness (QED) is 0.810. The van der Waals surface area contributed by atoms with Crippen molar-refractivity contribution in [2.24, 2.45) is 5.41 Å². The second-order valence-corrected chi connectivity index (χ2v) is 7.40. The lowest BCUT2D eigenvalue weighted by molar-refractivity contribution is 0.0292. The zero-order valence-corrected chi connectivity index (χ0v) is 12.3. The molecule has 0 aromatic heterocycles. The Balaban J connectivity index is 1.74. The summed E-state index contributed by atoms with van der Waals surface area (Å²) in [6.07, 6.45) is 11.4. The fourth-order valence-corrected chi connectivity index (χ4v) is 4.76. The highest BCUT2D eigenvalue weighted by molar-refractivity contribution is 4.99. The Morgan fingerprint density at radius 1 is 1.00 bits per heavy atom. The lowest BCUT2D eigenvalue weighted by Crippen LogP contribution is -2.56. The van der Waals surface area contributed by atoms with Gasteiger partial charge in [-0.25, -0.2) is 0 Å². The van der Waals surface area contributed by atoms with E-state index in [-0.39, 0.29) is 0 Å². The normalized spacial score (nSPS) is 41.3. The third-order valence-electron chi connectivity index (χ3n) is 5.76. The minimum Gasteiger partial charge on any atom is -0.312 e. The Bertz CT molecular complexity index is 281. The van der Waals surface area contributed by atoms with Gasteiger partial charge in [-0.3, -0.25) is 4.90 Å². The third-order valence-corrected chi connectivity index (χ3v) is 5.76. The number of nitrogens with one attached hydrogen (secondary N) is 1. The third kappa shape index (κ3) is 2.34. The molecule has 0 aromatic rings. The van der Waals surface area contributed by atoms with Crippen LogP contribution in [0.3, 0.4) is 0 Å². The molecule has 3 fully saturated rings. The van der Waals surface area contributed by atoms with E-state index in [1.807, 2.05) is 0 Å². The first-order chi connectivity index (χ1) is 8.68. The summed E-state index contributed by atoms with van der Waals surface area (Å²) >= 11 is 0. The first-order valence-corrected chi connectivity index (χ1v) is 8.18. The van der Waals surface area contributed by atoms with E-state index in [2.05, 4.69) is 24.1 Å². The van der Waals surface area contributed by atoms with Gasteiger partial charge in [0.25, 0.3) is 0 Å². The van der Waals surface area contributed by atoms with Crippen LogP contribution in [-0.2, 0) is 0 Å². The van der Waals surface area contributed by atoms with Crippen molar-refractivity contribution < 1.29 is 0 Å². The van der Waals surface area contributed by atoms with Gasteiger partial charge in [0.05, 0.1) is 0 Å². The van der Waals surface area contributed by atoms with Crippen molar-refractivity contribution in [3.8, 4) is 0 Å². The molecule has 2 nitrogen and oxygen atoms in total. The topological polar surface area (TPSA) is 15.3 Å². The van der Waals surface area contributed by atoms with Crippen LogP contribution >= 0.6 is 0 Å². The van der Waals surface area contributed by atoms with Crippen molar-refractivity contribution in [1.29, 1.82) is 0 Å². The summed E-state index contributed by atoms with van der Waals surface area (Å²) in [7, 11) is 0. The van der Waals surface area contributed by atoms with Crippen LogP contribution in [0.2, 0.25) is 0 Å². The maximum absolute atomic E-state index is 3.77. The van der Waals surface area contributed by atoms with Crippen LogP contribution < -0.4 is 5.32 Å². The monoisotopic (exact) mass is 250 g/mol. The lowest BCUT2D eigenvalue weighted by atomic mass is 9.83. The molecule has 0 spiro atoms. The number of hydrogen-bond donors (Lipinski definition) is 1. The van der Waals surface area contributed by atoms with Crippen LogP contribution in [0, 0.1) is 5.41 Å². The molecule has 1 aliphatic carbocycles. The average molecular weight is 250 g/mol. The molecule has 2 heterocycles. The van der Waals surface area contributed by atoms with E-state index in [0.29, 0.717) is 5.41 Å². The van der Waals surface area contributed by atoms with Crippen LogP contribution in [-0.4, -0.2) is 36.1 Å². The molecule has 3 unspecified atom stereocenters. The molecule has 0 aromatic carbocycles. The van der Waals surface area contributed by atoms with Crippen LogP contribution in [0.15, 0.2) is 0 Å². The molecule has 2 aliphatic heterocycles. The minimum absolute atomic E-state index is 0.550. The highest BCUT2D eigenvalue weighted by atomic mass is 15.2. The summed E-state index contributed by atoms with van der Waals surface area (Å²) in [6.45, 7) is 7.61. The van der Waals surface area contributed by atoms with E-state index in [0.717, 1.165) is 18.1 Å². The van der Waals surface area contributed by atoms with Gasteiger partial charge in [-0.05, 0) is 57.0 Å². The molecular weight excluding hydrogens is 220 g/mol. The smallest absolute Gasteiger partial charge is 0.0252 e. The van der Waals surface area contributed by atoms with E-state index in [1.165, 1.54) is 64.5 Å². The Morgan fingerprint density at radius 2 is 1.89 bits per heavy atom. The Kier molecular flexibility index (Phi) is 3.68. The van der Waals surface area contributed by atoms with Gasteiger partial charge in [0.2, 0.25) is 0 Å². The summed E-state index contributed by atoms with van der Waals surface area (Å²) in [5.74, 6) is 0. The van der Waals surface area contributed by atoms with E-state index >= 15 is 0 Å². The Hall–Kier alpha value is -0.0800. The van der Waals surface area contributed by atoms with Crippen molar-refractivity contribution in [2.45, 2.75) is 83.3 Å². The fraction of sp³-hybridized carbons (Fsp3) is 1.00. The van der Waals surface area contributed by atoms with E-state index < -0.39 is 0 Å². The number of hydrogen-bond acceptors (Lipinski definition) is 2. The molecule has 3 aliphatic rings. The van der Waals surface area contributed by atoms with Gasteiger partial charge < -0.3 is 5.32 Å². The summed E-state index contributed by atoms with van der Waals surface area (Å²) in [6, 6.07) is 2.48. The SMILES string of the molecule is CC1(C)CCCC1N1CCCCC1C1CCCN1. The van der Waals surface area contributed by atoms with Gasteiger partial charge in [0.1, 0.15) is 0 Å². The summed E-state index contributed by atoms with van der Waals surface area (Å²) < 4.78 is 0. The largest absolute Gasteiger partial charge is 0.312 e. The van der Waals surface area contributed by atoms with Gasteiger partial charge in [-0.15, -0.1) is 0 Å². The van der Waals surface area contributed by atoms with Crippen molar-refractivity contribution >= 4 is 0 Å². The van der Waals surface area contributed by atoms with Crippen LogP contribution in [0.4, 0.5) is 0 Å². The van der Waals surface area contributed by atoms with E-state index in [1.54, 1.807) is 0 Å². The number of nitrogens with zero attached hydrogens (tertiary/aromatic N) is 1. The van der Waals surface area contributed by atoms with E-state index in [4.69, 9.17) is 0 Å². The molecule has 0 bridgehead atoms. The summed E-state index contributed by atoms with van der Waals surface area (Å²) in [5, 5.41) is 3.77. The maximum atomic E-state index is 3.77. The van der Waals surface area contributed by atoms with Crippen LogP contribution in [0.5, 0.6) is 0 Å². The highest BCUT2D eigenvalue weighted by Crippen LogP contribution is 2.43. The molecule has 0 amide bonds. The van der Waals surface area contributed by atoms with Crippen molar-refractivity contribution in [1.82, 2.24) is 10.2 Å². The van der Waals surface area contributed by atoms with Gasteiger partial charge in [-0.1, -0.05) is 26.7 Å². The Morgan fingerprint density at radius 3 is 2.56 bits per heavy atom. The van der Waals surface area contributed by atoms with Gasteiger partial charge in [0, 0.05) is 18.1 Å². The minimum atomic E-state index is 0.550. The average Bonchev–Trinajstić information content (AvgIpc) is 2.98. The van der Waals surface area contributed by atoms with Gasteiger partial charge in [0.15, 0.2) is 0 Å². The second kappa shape index (κ2) is 5.13. The fourth-order valence-electron chi connectivity index (χ4n) is 4.76. The molecule has 0 radical (unpaired) electrons. The first kappa shape index (κ1) is 12.9. The number of likely N-dealkylation sites (tertiary alicyclic amines) is 1. The molecule has 18 heavy (non-hydrogen) atoms. The molecule has 104 valence electrons. The summed E-state index contributed by atoms with van der Waals surface area (Å²) in [5.41, 5.74) is 0.550. The first-order valence-electron chi connectivity index (χ1n) is 8.18. The van der Waals surface area contributed by atoms with Crippen LogP contribution in [0.1, 0.15) is 65.2 Å². The highest BCUT2D eigenvalue weighted by Gasteiger charge is 2.43. The molecule has 2 heteroatoms. The van der Waals surface area contributed by atoms with Crippen LogP contribution in [0.25, 0.3) is 0 Å². The van der Waals surface area contributed by atoms with Gasteiger partial charge in [-0.2, -0.15) is 0 Å². The molecule has 1 N–H and O–H groups in total. The molecule has 3 atom stereocenters. The zero-order valence-electron chi connectivity index (χ0n) is 12.3. The van der Waals surface area contributed by atoms with Crippen molar-refractivity contribution in [3.05, 3.63) is 0 Å². The van der Waals surface area contributed by atoms with E-state index in [9.17, 15) is 0 Å². The lowest BCUT2D eigenvalue weighted by Gasteiger charge is -2.47. The Labute approximate surface area is 113 Å². The molecule has 2 saturated heterocycles. The molecule has 3 rings (SSSR count). The van der Waals surface area contributed by atoms with Crippen molar-refractivity contribution in [2.75, 3.05) is 13.1 Å². The number of rotatable bonds is 2. The van der Waals surface area contributed by atoms with Crippen molar-refractivity contribution in [3.63, 3.8) is 0 Å². The second-order valence-electron chi connectivity index (χ2n) is 7.40. The predicted molar refractivity (Wildman–Crippen MR) is 76.8 cm³/mol. The maximum Gasteiger partial charge on any atom is 0.0252 e. The molecule has 1 saturated carbocycles. The predicted octanol–water partition coefficient (Wildman–Crippen LogP) is 3.17. The molecular formula is C16H30N2. The van der Waals surface area contributed by atoms with Gasteiger partial charge >= 0.3 is 0 Å². The standard InChI is InChI=1S/C16H30N2/c1-16(2)10-5-9-15(16)18-12-4-3-8-14(18)13-7-6-11-17-13/h13-15,17H,3-12H2,1-2H3.